The van der Waals surface area contributed by atoms with Crippen LogP contribution in [0.25, 0.3) is 0 Å². The molecule has 72 valence electrons. The quantitative estimate of drug-likeness (QED) is 0.627. The van der Waals surface area contributed by atoms with E-state index in [1.54, 1.807) is 0 Å². The second kappa shape index (κ2) is 3.46. The van der Waals surface area contributed by atoms with Crippen molar-refractivity contribution in [1.82, 2.24) is 5.32 Å². The van der Waals surface area contributed by atoms with E-state index in [9.17, 15) is 8.78 Å². The van der Waals surface area contributed by atoms with Crippen molar-refractivity contribution in [1.29, 1.82) is 0 Å². The van der Waals surface area contributed by atoms with Crippen LogP contribution >= 0.6 is 12.4 Å². The molecule has 0 spiro atoms. The molecule has 0 aromatic rings. The lowest BCUT2D eigenvalue weighted by atomic mass is 9.79. The summed E-state index contributed by atoms with van der Waals surface area (Å²) in [6.07, 6.45) is 1.80. The molecule has 0 bridgehead atoms. The average molecular weight is 198 g/mol. The Bertz CT molecular complexity index is 163. The zero-order chi connectivity index (χ0) is 7.90. The Balaban J connectivity index is 0.000000720. The van der Waals surface area contributed by atoms with E-state index in [0.29, 0.717) is 13.0 Å². The van der Waals surface area contributed by atoms with E-state index in [0.717, 1.165) is 13.0 Å². The zero-order valence-corrected chi connectivity index (χ0v) is 7.67. The lowest BCUT2D eigenvalue weighted by Crippen LogP contribution is -2.37. The van der Waals surface area contributed by atoms with Crippen LogP contribution in [0.3, 0.4) is 0 Å². The smallest absolute Gasteiger partial charge is 0.252 e. The first-order valence-electron chi connectivity index (χ1n) is 4.29. The number of rotatable bonds is 0. The van der Waals surface area contributed by atoms with Gasteiger partial charge >= 0.3 is 0 Å². The second-order valence-corrected chi connectivity index (χ2v) is 3.68. The molecule has 0 amide bonds. The number of nitrogens with one attached hydrogen (secondary N) is 1. The van der Waals surface area contributed by atoms with Gasteiger partial charge in [0.25, 0.3) is 5.92 Å². The predicted octanol–water partition coefficient (Wildman–Crippen LogP) is 2.06. The van der Waals surface area contributed by atoms with Crippen molar-refractivity contribution in [3.63, 3.8) is 0 Å². The van der Waals surface area contributed by atoms with Crippen LogP contribution in [0.15, 0.2) is 0 Å². The highest BCUT2D eigenvalue weighted by molar-refractivity contribution is 5.85. The summed E-state index contributed by atoms with van der Waals surface area (Å²) < 4.78 is 26.2. The van der Waals surface area contributed by atoms with Crippen LogP contribution < -0.4 is 5.32 Å². The molecule has 0 radical (unpaired) electrons. The highest BCUT2D eigenvalue weighted by Crippen LogP contribution is 2.43. The van der Waals surface area contributed by atoms with Crippen LogP contribution in [-0.4, -0.2) is 19.0 Å². The summed E-state index contributed by atoms with van der Waals surface area (Å²) >= 11 is 0. The number of hydrogen-bond acceptors (Lipinski definition) is 1. The largest absolute Gasteiger partial charge is 0.316 e. The Morgan fingerprint density at radius 1 is 1.25 bits per heavy atom. The minimum atomic E-state index is -2.38. The van der Waals surface area contributed by atoms with E-state index in [1.165, 1.54) is 0 Å². The van der Waals surface area contributed by atoms with Crippen molar-refractivity contribution < 1.29 is 8.78 Å². The van der Waals surface area contributed by atoms with Crippen molar-refractivity contribution >= 4 is 12.4 Å². The SMILES string of the molecule is Cl.FC1(F)CCCC2CNCC21. The van der Waals surface area contributed by atoms with Crippen LogP contribution in [0.1, 0.15) is 19.3 Å². The van der Waals surface area contributed by atoms with Crippen molar-refractivity contribution in [2.75, 3.05) is 13.1 Å². The predicted molar refractivity (Wildman–Crippen MR) is 45.9 cm³/mol. The molecule has 2 unspecified atom stereocenters. The van der Waals surface area contributed by atoms with E-state index < -0.39 is 5.92 Å². The molecule has 4 heteroatoms. The molecule has 1 nitrogen and oxygen atoms in total. The van der Waals surface area contributed by atoms with Gasteiger partial charge in [-0.1, -0.05) is 0 Å². The summed E-state index contributed by atoms with van der Waals surface area (Å²) in [4.78, 5) is 0. The van der Waals surface area contributed by atoms with Gasteiger partial charge in [-0.2, -0.15) is 0 Å². The summed E-state index contributed by atoms with van der Waals surface area (Å²) in [7, 11) is 0. The lowest BCUT2D eigenvalue weighted by molar-refractivity contribution is -0.0932. The Morgan fingerprint density at radius 3 is 2.67 bits per heavy atom. The fraction of sp³-hybridized carbons (Fsp3) is 1.00. The van der Waals surface area contributed by atoms with Gasteiger partial charge in [0.1, 0.15) is 0 Å². The topological polar surface area (TPSA) is 12.0 Å². The van der Waals surface area contributed by atoms with Gasteiger partial charge in [0, 0.05) is 18.9 Å². The van der Waals surface area contributed by atoms with Crippen molar-refractivity contribution in [2.24, 2.45) is 11.8 Å². The molecule has 12 heavy (non-hydrogen) atoms. The Kier molecular flexibility index (Phi) is 2.94. The molecule has 1 saturated heterocycles. The molecule has 1 aliphatic carbocycles. The normalized spacial score (nSPS) is 38.5. The first-order chi connectivity index (χ1) is 5.20. The Hall–Kier alpha value is 0.110. The molecule has 0 aromatic heterocycles. The molecule has 2 atom stereocenters. The molecule has 1 heterocycles. The summed E-state index contributed by atoms with van der Waals surface area (Å²) in [5.74, 6) is -2.50. The van der Waals surface area contributed by atoms with E-state index in [4.69, 9.17) is 0 Å². The number of halogens is 3. The first-order valence-corrected chi connectivity index (χ1v) is 4.29. The maximum Gasteiger partial charge on any atom is 0.252 e. The molecule has 0 aromatic carbocycles. The van der Waals surface area contributed by atoms with Crippen LogP contribution in [0.2, 0.25) is 0 Å². The van der Waals surface area contributed by atoms with Crippen molar-refractivity contribution in [3.05, 3.63) is 0 Å². The minimum Gasteiger partial charge on any atom is -0.316 e. The van der Waals surface area contributed by atoms with Crippen LogP contribution in [0.4, 0.5) is 8.78 Å². The number of hydrogen-bond donors (Lipinski definition) is 1. The fourth-order valence-electron chi connectivity index (χ4n) is 2.32. The molecule has 2 aliphatic rings. The van der Waals surface area contributed by atoms with E-state index in [2.05, 4.69) is 5.32 Å². The fourth-order valence-corrected chi connectivity index (χ4v) is 2.32. The van der Waals surface area contributed by atoms with Crippen LogP contribution in [0.5, 0.6) is 0 Å². The molecular weight excluding hydrogens is 184 g/mol. The lowest BCUT2D eigenvalue weighted by Gasteiger charge is -2.32. The molecule has 1 saturated carbocycles. The Labute approximate surface area is 77.3 Å². The average Bonchev–Trinajstić information content (AvgIpc) is 2.34. The zero-order valence-electron chi connectivity index (χ0n) is 6.85. The van der Waals surface area contributed by atoms with Crippen LogP contribution in [-0.2, 0) is 0 Å². The third kappa shape index (κ3) is 1.57. The molecule has 1 aliphatic heterocycles. The molecular formula is C8H14ClF2N. The van der Waals surface area contributed by atoms with Gasteiger partial charge in [-0.15, -0.1) is 12.4 Å². The van der Waals surface area contributed by atoms with Gasteiger partial charge in [-0.25, -0.2) is 8.78 Å². The summed E-state index contributed by atoms with van der Waals surface area (Å²) in [5, 5.41) is 3.04. The van der Waals surface area contributed by atoms with Gasteiger partial charge in [0.2, 0.25) is 0 Å². The highest BCUT2D eigenvalue weighted by Gasteiger charge is 2.48. The van der Waals surface area contributed by atoms with Gasteiger partial charge in [0.15, 0.2) is 0 Å². The second-order valence-electron chi connectivity index (χ2n) is 3.68. The maximum atomic E-state index is 13.1. The Morgan fingerprint density at radius 2 is 2.00 bits per heavy atom. The first kappa shape index (κ1) is 10.2. The summed E-state index contributed by atoms with van der Waals surface area (Å²) in [6, 6.07) is 0. The summed E-state index contributed by atoms with van der Waals surface area (Å²) in [5.41, 5.74) is 0. The van der Waals surface area contributed by atoms with Gasteiger partial charge < -0.3 is 5.32 Å². The number of fused-ring (bicyclic) bond motifs is 1. The third-order valence-electron chi connectivity index (χ3n) is 2.97. The maximum absolute atomic E-state index is 13.1. The molecule has 2 fully saturated rings. The van der Waals surface area contributed by atoms with E-state index in [-0.39, 0.29) is 30.7 Å². The standard InChI is InChI=1S/C8H13F2N.ClH/c9-8(10)3-1-2-6-4-11-5-7(6)8;/h6-7,11H,1-5H2;1H. The highest BCUT2D eigenvalue weighted by atomic mass is 35.5. The van der Waals surface area contributed by atoms with Crippen molar-refractivity contribution in [2.45, 2.75) is 25.2 Å². The van der Waals surface area contributed by atoms with Gasteiger partial charge in [-0.3, -0.25) is 0 Å². The van der Waals surface area contributed by atoms with Gasteiger partial charge in [-0.05, 0) is 25.3 Å². The number of alkyl halides is 2. The molecule has 1 N–H and O–H groups in total. The summed E-state index contributed by atoms with van der Waals surface area (Å²) in [6.45, 7) is 1.33. The molecule has 2 rings (SSSR count). The van der Waals surface area contributed by atoms with Crippen LogP contribution in [0, 0.1) is 11.8 Å². The third-order valence-corrected chi connectivity index (χ3v) is 2.97. The van der Waals surface area contributed by atoms with E-state index >= 15 is 0 Å². The van der Waals surface area contributed by atoms with E-state index in [1.807, 2.05) is 0 Å². The monoisotopic (exact) mass is 197 g/mol. The van der Waals surface area contributed by atoms with Crippen molar-refractivity contribution in [3.8, 4) is 0 Å². The minimum absolute atomic E-state index is 0. The van der Waals surface area contributed by atoms with Gasteiger partial charge in [0.05, 0.1) is 0 Å².